The molecule has 1 aliphatic rings. The minimum absolute atomic E-state index is 0.849. The fourth-order valence-electron chi connectivity index (χ4n) is 3.02. The third-order valence-corrected chi connectivity index (χ3v) is 27.5. The van der Waals surface area contributed by atoms with E-state index in [1.165, 1.54) is 56.2 Å². The molecule has 0 aromatic rings. The quantitative estimate of drug-likeness (QED) is 0.312. The van der Waals surface area contributed by atoms with Gasteiger partial charge in [-0.15, -0.1) is 0 Å². The molecule has 0 spiro atoms. The van der Waals surface area contributed by atoms with E-state index in [2.05, 4.69) is 34.6 Å². The Hall–Kier alpha value is 0.999. The number of thiocarbonyl (C=S) groups is 1. The van der Waals surface area contributed by atoms with Gasteiger partial charge in [0.2, 0.25) is 0 Å². The van der Waals surface area contributed by atoms with Crippen molar-refractivity contribution in [2.45, 2.75) is 72.6 Å². The van der Waals surface area contributed by atoms with Gasteiger partial charge < -0.3 is 0 Å². The Morgan fingerprint density at radius 1 is 0.955 bits per heavy atom. The van der Waals surface area contributed by atoms with Crippen molar-refractivity contribution in [3.63, 3.8) is 0 Å². The molecule has 5 heteroatoms. The maximum atomic E-state index is 5.86. The fourth-order valence-corrected chi connectivity index (χ4v) is 28.2. The molecule has 2 nitrogen and oxygen atoms in total. The summed E-state index contributed by atoms with van der Waals surface area (Å²) in [5.41, 5.74) is 0. The molecule has 0 aromatic carbocycles. The van der Waals surface area contributed by atoms with Gasteiger partial charge in [0, 0.05) is 0 Å². The number of unbranched alkanes of at least 4 members (excludes halogenated alkanes) is 3. The van der Waals surface area contributed by atoms with Gasteiger partial charge in [-0.2, -0.15) is 0 Å². The van der Waals surface area contributed by atoms with Gasteiger partial charge in [-0.05, 0) is 0 Å². The molecule has 0 aromatic heterocycles. The number of rotatable bonds is 10. The molecule has 22 heavy (non-hydrogen) atoms. The van der Waals surface area contributed by atoms with Crippen molar-refractivity contribution in [3.05, 3.63) is 0 Å². The molecular weight excluding hydrogens is 417 g/mol. The van der Waals surface area contributed by atoms with Crippen LogP contribution in [0.3, 0.4) is 0 Å². The summed E-state index contributed by atoms with van der Waals surface area (Å²) in [4.78, 5) is 2.42. The van der Waals surface area contributed by atoms with Crippen LogP contribution in [0, 0.1) is 0 Å². The van der Waals surface area contributed by atoms with Crippen LogP contribution in [-0.2, 0) is 4.74 Å². The Labute approximate surface area is 150 Å². The summed E-state index contributed by atoms with van der Waals surface area (Å²) in [6, 6.07) is 0. The second kappa shape index (κ2) is 12.4. The van der Waals surface area contributed by atoms with Gasteiger partial charge in [0.1, 0.15) is 0 Å². The van der Waals surface area contributed by atoms with Crippen molar-refractivity contribution in [1.82, 2.24) is 4.90 Å². The molecule has 0 aliphatic carbocycles. The Morgan fingerprint density at radius 3 is 1.82 bits per heavy atom. The van der Waals surface area contributed by atoms with Gasteiger partial charge in [0.15, 0.2) is 0 Å². The normalized spacial score (nSPS) is 16.0. The molecule has 0 atom stereocenters. The molecule has 0 unspecified atom stereocenters. The Balaban J connectivity index is 2.72. The number of nitrogens with zero attached hydrogens (tertiary/aromatic N) is 1. The zero-order valence-corrected chi connectivity index (χ0v) is 19.4. The van der Waals surface area contributed by atoms with E-state index >= 15 is 0 Å². The third-order valence-electron chi connectivity index (χ3n) is 4.53. The SMILES string of the molecule is CCC[CH2][Sn]([CH2]CCC)([CH2]CCC)[S]C(=S)N1CCOCC1. The Morgan fingerprint density at radius 2 is 1.41 bits per heavy atom. The molecule has 1 heterocycles. The molecule has 0 amide bonds. The first-order chi connectivity index (χ1) is 10.7. The van der Waals surface area contributed by atoms with E-state index < -0.39 is 17.0 Å². The molecule has 0 bridgehead atoms. The molecule has 1 rings (SSSR count). The summed E-state index contributed by atoms with van der Waals surface area (Å²) in [5.74, 6) is 0. The Bertz CT molecular complexity index is 287. The molecule has 1 saturated heterocycles. The van der Waals surface area contributed by atoms with Crippen molar-refractivity contribution >= 4 is 42.5 Å². The van der Waals surface area contributed by atoms with Crippen molar-refractivity contribution in [1.29, 1.82) is 0 Å². The standard InChI is InChI=1S/C5H9NOS2.3C4H9.Sn/c8-5(9)6-1-3-7-4-2-6;3*1-3-4-2;/h1-4H2,(H,8,9);3*1,3-4H2,2H3;/q;;;;+1/p-1. The minimum atomic E-state index is -2.18. The van der Waals surface area contributed by atoms with Crippen LogP contribution in [0.15, 0.2) is 0 Å². The van der Waals surface area contributed by atoms with E-state index in [4.69, 9.17) is 17.0 Å². The summed E-state index contributed by atoms with van der Waals surface area (Å²) >= 11 is 3.68. The molecular formula is C17H35NOS2Sn. The van der Waals surface area contributed by atoms with Crippen molar-refractivity contribution in [3.8, 4) is 0 Å². The predicted molar refractivity (Wildman–Crippen MR) is 107 cm³/mol. The summed E-state index contributed by atoms with van der Waals surface area (Å²) in [7, 11) is 2.23. The van der Waals surface area contributed by atoms with Crippen LogP contribution in [-0.4, -0.2) is 52.5 Å². The second-order valence-corrected chi connectivity index (χ2v) is 26.3. The molecule has 0 saturated carbocycles. The van der Waals surface area contributed by atoms with Gasteiger partial charge in [-0.3, -0.25) is 0 Å². The average molecular weight is 452 g/mol. The van der Waals surface area contributed by atoms with Crippen molar-refractivity contribution in [2.75, 3.05) is 26.3 Å². The number of hydrogen-bond acceptors (Lipinski definition) is 3. The zero-order chi connectivity index (χ0) is 16.3. The molecule has 130 valence electrons. The summed E-state index contributed by atoms with van der Waals surface area (Å²) < 4.78 is 11.3. The number of ether oxygens (including phenoxy) is 1. The van der Waals surface area contributed by atoms with Gasteiger partial charge in [0.05, 0.1) is 0 Å². The van der Waals surface area contributed by atoms with E-state index in [1.54, 1.807) is 0 Å². The maximum absolute atomic E-state index is 5.86. The van der Waals surface area contributed by atoms with Crippen LogP contribution < -0.4 is 0 Å². The predicted octanol–water partition coefficient (Wildman–Crippen LogP) is 5.68. The van der Waals surface area contributed by atoms with Gasteiger partial charge in [0.25, 0.3) is 0 Å². The van der Waals surface area contributed by atoms with Crippen LogP contribution >= 0.6 is 21.2 Å². The Kier molecular flexibility index (Phi) is 11.8. The summed E-state index contributed by atoms with van der Waals surface area (Å²) in [6.07, 6.45) is 8.26. The van der Waals surface area contributed by atoms with E-state index in [-0.39, 0.29) is 0 Å². The van der Waals surface area contributed by atoms with Gasteiger partial charge >= 0.3 is 151 Å². The topological polar surface area (TPSA) is 12.5 Å². The van der Waals surface area contributed by atoms with Crippen LogP contribution in [0.25, 0.3) is 0 Å². The second-order valence-electron chi connectivity index (χ2n) is 6.46. The monoisotopic (exact) mass is 453 g/mol. The molecule has 1 fully saturated rings. The fraction of sp³-hybridized carbons (Fsp3) is 0.941. The van der Waals surface area contributed by atoms with E-state index in [9.17, 15) is 0 Å². The van der Waals surface area contributed by atoms with Crippen molar-refractivity contribution < 1.29 is 4.74 Å². The molecule has 1 aliphatic heterocycles. The first-order valence-corrected chi connectivity index (χ1v) is 20.0. The molecule has 0 N–H and O–H groups in total. The van der Waals surface area contributed by atoms with Crippen LogP contribution in [0.1, 0.15) is 59.3 Å². The number of hydrogen-bond donors (Lipinski definition) is 0. The first kappa shape index (κ1) is 21.0. The van der Waals surface area contributed by atoms with Gasteiger partial charge in [-0.25, -0.2) is 0 Å². The van der Waals surface area contributed by atoms with Crippen LogP contribution in [0.2, 0.25) is 13.3 Å². The van der Waals surface area contributed by atoms with E-state index in [0.717, 1.165) is 26.3 Å². The van der Waals surface area contributed by atoms with E-state index in [1.807, 2.05) is 0 Å². The third kappa shape index (κ3) is 7.71. The number of morpholine rings is 1. The first-order valence-electron chi connectivity index (χ1n) is 9.23. The van der Waals surface area contributed by atoms with Crippen LogP contribution in [0.5, 0.6) is 0 Å². The van der Waals surface area contributed by atoms with Crippen LogP contribution in [0.4, 0.5) is 0 Å². The van der Waals surface area contributed by atoms with Gasteiger partial charge in [-0.1, -0.05) is 0 Å². The zero-order valence-electron chi connectivity index (χ0n) is 14.9. The summed E-state index contributed by atoms with van der Waals surface area (Å²) in [6.45, 7) is 10.7. The van der Waals surface area contributed by atoms with Crippen molar-refractivity contribution in [2.24, 2.45) is 0 Å². The molecule has 0 radical (unpaired) electrons. The average Bonchev–Trinajstić information content (AvgIpc) is 2.56. The van der Waals surface area contributed by atoms with E-state index in [0.29, 0.717) is 0 Å². The summed E-state index contributed by atoms with van der Waals surface area (Å²) in [5, 5.41) is 0.